The minimum atomic E-state index is -0.371. The molecule has 130 valence electrons. The highest BCUT2D eigenvalue weighted by atomic mass is 16.1. The molecular formula is C20H23N3O2. The average Bonchev–Trinajstić information content (AvgIpc) is 2.56. The van der Waals surface area contributed by atoms with Crippen molar-refractivity contribution < 1.29 is 4.79 Å². The number of aryl methyl sites for hydroxylation is 2. The van der Waals surface area contributed by atoms with E-state index in [1.54, 1.807) is 13.8 Å². The molecule has 0 aliphatic rings. The smallest absolute Gasteiger partial charge is 0.266 e. The van der Waals surface area contributed by atoms with Crippen LogP contribution in [0, 0.1) is 32.1 Å². The standard InChI is InChI=1S/C20H23N3O2/c1-13-6-4-5-7-16(13)10-11-22-19(24)9-8-17-14(2)18(12-21)20(25)23-15(17)3/h4-7H,8-11H2,1-3H3,(H,22,24)(H,23,25). The lowest BCUT2D eigenvalue weighted by molar-refractivity contribution is -0.121. The Balaban J connectivity index is 1.92. The molecule has 0 saturated carbocycles. The monoisotopic (exact) mass is 337 g/mol. The molecule has 25 heavy (non-hydrogen) atoms. The van der Waals surface area contributed by atoms with Crippen molar-refractivity contribution in [3.05, 3.63) is 68.1 Å². The van der Waals surface area contributed by atoms with Crippen LogP contribution < -0.4 is 10.9 Å². The molecule has 0 unspecified atom stereocenters. The van der Waals surface area contributed by atoms with E-state index in [2.05, 4.69) is 29.4 Å². The van der Waals surface area contributed by atoms with E-state index in [0.717, 1.165) is 12.0 Å². The third-order valence-corrected chi connectivity index (χ3v) is 4.50. The first-order chi connectivity index (χ1) is 11.9. The summed E-state index contributed by atoms with van der Waals surface area (Å²) in [5.41, 5.74) is 4.45. The fourth-order valence-electron chi connectivity index (χ4n) is 2.97. The summed E-state index contributed by atoms with van der Waals surface area (Å²) in [6, 6.07) is 10.1. The Labute approximate surface area is 147 Å². The van der Waals surface area contributed by atoms with Gasteiger partial charge in [0.25, 0.3) is 5.56 Å². The maximum atomic E-state index is 12.1. The van der Waals surface area contributed by atoms with E-state index in [4.69, 9.17) is 5.26 Å². The molecule has 1 amide bonds. The summed E-state index contributed by atoms with van der Waals surface area (Å²) in [6.45, 7) is 6.20. The fourth-order valence-corrected chi connectivity index (χ4v) is 2.97. The SMILES string of the molecule is Cc1ccccc1CCNC(=O)CCc1c(C)[nH]c(=O)c(C#N)c1C. The second-order valence-corrected chi connectivity index (χ2v) is 6.20. The third kappa shape index (κ3) is 4.57. The van der Waals surface area contributed by atoms with Gasteiger partial charge in [-0.1, -0.05) is 24.3 Å². The van der Waals surface area contributed by atoms with Crippen LogP contribution in [0.25, 0.3) is 0 Å². The van der Waals surface area contributed by atoms with Gasteiger partial charge < -0.3 is 10.3 Å². The Morgan fingerprint density at radius 3 is 2.60 bits per heavy atom. The van der Waals surface area contributed by atoms with E-state index in [9.17, 15) is 9.59 Å². The van der Waals surface area contributed by atoms with Gasteiger partial charge in [-0.15, -0.1) is 0 Å². The van der Waals surface area contributed by atoms with E-state index in [1.807, 2.05) is 18.2 Å². The van der Waals surface area contributed by atoms with Gasteiger partial charge in [0.05, 0.1) is 0 Å². The Bertz CT molecular complexity index is 875. The maximum Gasteiger partial charge on any atom is 0.266 e. The summed E-state index contributed by atoms with van der Waals surface area (Å²) < 4.78 is 0. The molecule has 2 rings (SSSR count). The van der Waals surface area contributed by atoms with Crippen LogP contribution in [0.15, 0.2) is 29.1 Å². The maximum absolute atomic E-state index is 12.1. The summed E-state index contributed by atoms with van der Waals surface area (Å²) in [5.74, 6) is -0.0305. The number of pyridine rings is 1. The van der Waals surface area contributed by atoms with Crippen molar-refractivity contribution in [3.63, 3.8) is 0 Å². The number of aromatic amines is 1. The molecule has 0 fully saturated rings. The highest BCUT2D eigenvalue weighted by molar-refractivity contribution is 5.76. The second kappa shape index (κ2) is 8.29. The van der Waals surface area contributed by atoms with Gasteiger partial charge in [-0.05, 0) is 55.9 Å². The van der Waals surface area contributed by atoms with Crippen molar-refractivity contribution in [1.29, 1.82) is 5.26 Å². The molecule has 0 aliphatic heterocycles. The Kier molecular flexibility index (Phi) is 6.13. The Hall–Kier alpha value is -2.87. The Morgan fingerprint density at radius 1 is 1.20 bits per heavy atom. The number of nitriles is 1. The number of nitrogens with zero attached hydrogens (tertiary/aromatic N) is 1. The number of rotatable bonds is 6. The minimum absolute atomic E-state index is 0.0305. The molecule has 2 aromatic rings. The predicted molar refractivity (Wildman–Crippen MR) is 97.5 cm³/mol. The normalized spacial score (nSPS) is 10.3. The number of amides is 1. The van der Waals surface area contributed by atoms with Crippen LogP contribution in [0.3, 0.4) is 0 Å². The van der Waals surface area contributed by atoms with Crippen molar-refractivity contribution in [2.24, 2.45) is 0 Å². The number of carbonyl (C=O) groups excluding carboxylic acids is 1. The zero-order chi connectivity index (χ0) is 18.4. The lowest BCUT2D eigenvalue weighted by Gasteiger charge is -2.11. The third-order valence-electron chi connectivity index (χ3n) is 4.50. The van der Waals surface area contributed by atoms with Gasteiger partial charge in [-0.3, -0.25) is 9.59 Å². The van der Waals surface area contributed by atoms with Crippen LogP contribution in [-0.2, 0) is 17.6 Å². The fraction of sp³-hybridized carbons (Fsp3) is 0.350. The largest absolute Gasteiger partial charge is 0.356 e. The van der Waals surface area contributed by atoms with Crippen molar-refractivity contribution in [3.8, 4) is 6.07 Å². The zero-order valence-corrected chi connectivity index (χ0v) is 14.9. The molecule has 1 heterocycles. The van der Waals surface area contributed by atoms with E-state index < -0.39 is 0 Å². The quantitative estimate of drug-likeness (QED) is 0.849. The molecule has 2 N–H and O–H groups in total. The van der Waals surface area contributed by atoms with Crippen LogP contribution in [0.4, 0.5) is 0 Å². The van der Waals surface area contributed by atoms with E-state index in [0.29, 0.717) is 30.6 Å². The molecule has 5 nitrogen and oxygen atoms in total. The highest BCUT2D eigenvalue weighted by Crippen LogP contribution is 2.15. The summed E-state index contributed by atoms with van der Waals surface area (Å²) in [5, 5.41) is 12.0. The summed E-state index contributed by atoms with van der Waals surface area (Å²) in [4.78, 5) is 26.5. The van der Waals surface area contributed by atoms with Crippen LogP contribution in [0.2, 0.25) is 0 Å². The van der Waals surface area contributed by atoms with Crippen LogP contribution in [0.1, 0.15) is 39.9 Å². The van der Waals surface area contributed by atoms with E-state index >= 15 is 0 Å². The molecule has 0 saturated heterocycles. The summed E-state index contributed by atoms with van der Waals surface area (Å²) >= 11 is 0. The highest BCUT2D eigenvalue weighted by Gasteiger charge is 2.13. The first-order valence-corrected chi connectivity index (χ1v) is 8.37. The van der Waals surface area contributed by atoms with Crippen LogP contribution in [0.5, 0.6) is 0 Å². The van der Waals surface area contributed by atoms with Crippen LogP contribution in [-0.4, -0.2) is 17.4 Å². The minimum Gasteiger partial charge on any atom is -0.356 e. The van der Waals surface area contributed by atoms with Gasteiger partial charge >= 0.3 is 0 Å². The predicted octanol–water partition coefficient (Wildman–Crippen LogP) is 2.46. The lowest BCUT2D eigenvalue weighted by Crippen LogP contribution is -2.26. The number of H-pyrrole nitrogens is 1. The Morgan fingerprint density at radius 2 is 1.92 bits per heavy atom. The topological polar surface area (TPSA) is 85.8 Å². The van der Waals surface area contributed by atoms with E-state index in [-0.39, 0.29) is 17.0 Å². The molecule has 0 aliphatic carbocycles. The van der Waals surface area contributed by atoms with Gasteiger partial charge in [0, 0.05) is 18.7 Å². The van der Waals surface area contributed by atoms with Crippen molar-refractivity contribution >= 4 is 5.91 Å². The second-order valence-electron chi connectivity index (χ2n) is 6.20. The number of carbonyl (C=O) groups is 1. The molecule has 0 radical (unpaired) electrons. The molecule has 0 spiro atoms. The number of nitrogens with one attached hydrogen (secondary N) is 2. The zero-order valence-electron chi connectivity index (χ0n) is 14.9. The lowest BCUT2D eigenvalue weighted by atomic mass is 9.99. The number of hydrogen-bond acceptors (Lipinski definition) is 3. The molecule has 0 bridgehead atoms. The van der Waals surface area contributed by atoms with Gasteiger partial charge in [0.1, 0.15) is 11.6 Å². The first-order valence-electron chi connectivity index (χ1n) is 8.37. The summed E-state index contributed by atoms with van der Waals surface area (Å²) in [6.07, 6.45) is 1.62. The first kappa shape index (κ1) is 18.5. The van der Waals surface area contributed by atoms with Gasteiger partial charge in [-0.2, -0.15) is 5.26 Å². The summed E-state index contributed by atoms with van der Waals surface area (Å²) in [7, 11) is 0. The molecule has 0 atom stereocenters. The molecule has 1 aromatic carbocycles. The molecule has 1 aromatic heterocycles. The van der Waals surface area contributed by atoms with Crippen molar-refractivity contribution in [1.82, 2.24) is 10.3 Å². The van der Waals surface area contributed by atoms with Crippen molar-refractivity contribution in [2.45, 2.75) is 40.0 Å². The average molecular weight is 337 g/mol. The van der Waals surface area contributed by atoms with Gasteiger partial charge in [-0.25, -0.2) is 0 Å². The number of hydrogen-bond donors (Lipinski definition) is 2. The van der Waals surface area contributed by atoms with Gasteiger partial charge in [0.2, 0.25) is 5.91 Å². The molecule has 5 heteroatoms. The van der Waals surface area contributed by atoms with Crippen LogP contribution >= 0.6 is 0 Å². The van der Waals surface area contributed by atoms with Gasteiger partial charge in [0.15, 0.2) is 0 Å². The van der Waals surface area contributed by atoms with Crippen molar-refractivity contribution in [2.75, 3.05) is 6.54 Å². The number of benzene rings is 1. The van der Waals surface area contributed by atoms with E-state index in [1.165, 1.54) is 11.1 Å². The molecular weight excluding hydrogens is 314 g/mol. The number of aromatic nitrogens is 1.